The molecule has 0 fully saturated rings. The zero-order valence-electron chi connectivity index (χ0n) is 11.5. The van der Waals surface area contributed by atoms with Gasteiger partial charge in [-0.05, 0) is 50.6 Å². The summed E-state index contributed by atoms with van der Waals surface area (Å²) < 4.78 is 0. The number of aliphatic carboxylic acids is 1. The topological polar surface area (TPSA) is 57.6 Å². The van der Waals surface area contributed by atoms with E-state index in [0.29, 0.717) is 5.56 Å². The SMILES string of the molecule is CCN(CC)c1ccc(C(=O)/C=C/C(=O)O)cc1C. The van der Waals surface area contributed by atoms with Crippen LogP contribution in [-0.4, -0.2) is 29.9 Å². The third-order valence-corrected chi connectivity index (χ3v) is 2.96. The van der Waals surface area contributed by atoms with Crippen LogP contribution in [0.5, 0.6) is 0 Å². The molecule has 0 spiro atoms. The Bertz CT molecular complexity index is 502. The highest BCUT2D eigenvalue weighted by Crippen LogP contribution is 2.21. The summed E-state index contributed by atoms with van der Waals surface area (Å²) >= 11 is 0. The summed E-state index contributed by atoms with van der Waals surface area (Å²) in [6.45, 7) is 7.92. The van der Waals surface area contributed by atoms with Crippen LogP contribution in [0, 0.1) is 6.92 Å². The van der Waals surface area contributed by atoms with Crippen molar-refractivity contribution in [1.29, 1.82) is 0 Å². The number of rotatable bonds is 6. The van der Waals surface area contributed by atoms with Crippen molar-refractivity contribution in [3.63, 3.8) is 0 Å². The number of allylic oxidation sites excluding steroid dienone is 1. The largest absolute Gasteiger partial charge is 0.478 e. The summed E-state index contributed by atoms with van der Waals surface area (Å²) in [7, 11) is 0. The molecule has 0 aliphatic carbocycles. The van der Waals surface area contributed by atoms with Gasteiger partial charge >= 0.3 is 5.97 Å². The first-order valence-corrected chi connectivity index (χ1v) is 6.30. The van der Waals surface area contributed by atoms with Gasteiger partial charge in [0.25, 0.3) is 0 Å². The smallest absolute Gasteiger partial charge is 0.328 e. The molecule has 0 radical (unpaired) electrons. The number of anilines is 1. The van der Waals surface area contributed by atoms with Gasteiger partial charge in [-0.1, -0.05) is 0 Å². The first-order valence-electron chi connectivity index (χ1n) is 6.30. The summed E-state index contributed by atoms with van der Waals surface area (Å²) in [6, 6.07) is 5.43. The molecule has 0 amide bonds. The fraction of sp³-hybridized carbons (Fsp3) is 0.333. The van der Waals surface area contributed by atoms with E-state index in [9.17, 15) is 9.59 Å². The van der Waals surface area contributed by atoms with Crippen LogP contribution in [-0.2, 0) is 4.79 Å². The molecule has 4 nitrogen and oxygen atoms in total. The van der Waals surface area contributed by atoms with Crippen LogP contribution in [0.15, 0.2) is 30.4 Å². The lowest BCUT2D eigenvalue weighted by Crippen LogP contribution is -2.22. The van der Waals surface area contributed by atoms with Gasteiger partial charge in [-0.3, -0.25) is 4.79 Å². The molecule has 0 heterocycles. The second-order valence-electron chi connectivity index (χ2n) is 4.21. The number of hydrogen-bond donors (Lipinski definition) is 1. The minimum absolute atomic E-state index is 0.295. The Kier molecular flexibility index (Phi) is 5.30. The van der Waals surface area contributed by atoms with Gasteiger partial charge in [0.05, 0.1) is 0 Å². The number of aryl methyl sites for hydroxylation is 1. The summed E-state index contributed by atoms with van der Waals surface area (Å²) in [5.41, 5.74) is 2.62. The fourth-order valence-corrected chi connectivity index (χ4v) is 1.97. The minimum Gasteiger partial charge on any atom is -0.478 e. The van der Waals surface area contributed by atoms with Gasteiger partial charge in [0, 0.05) is 30.4 Å². The Labute approximate surface area is 113 Å². The van der Waals surface area contributed by atoms with Crippen molar-refractivity contribution in [3.05, 3.63) is 41.5 Å². The zero-order chi connectivity index (χ0) is 14.4. The first-order chi connectivity index (χ1) is 8.99. The quantitative estimate of drug-likeness (QED) is 0.632. The van der Waals surface area contributed by atoms with Crippen molar-refractivity contribution in [2.75, 3.05) is 18.0 Å². The Hall–Kier alpha value is -2.10. The van der Waals surface area contributed by atoms with Crippen molar-refractivity contribution in [3.8, 4) is 0 Å². The highest BCUT2D eigenvalue weighted by molar-refractivity contribution is 6.07. The van der Waals surface area contributed by atoms with E-state index < -0.39 is 5.97 Å². The van der Waals surface area contributed by atoms with Crippen LogP contribution in [0.4, 0.5) is 5.69 Å². The fourth-order valence-electron chi connectivity index (χ4n) is 1.97. The van der Waals surface area contributed by atoms with Crippen LogP contribution in [0.25, 0.3) is 0 Å². The van der Waals surface area contributed by atoms with Gasteiger partial charge in [-0.2, -0.15) is 0 Å². The molecule has 0 aliphatic heterocycles. The molecule has 0 saturated carbocycles. The molecule has 4 heteroatoms. The molecule has 19 heavy (non-hydrogen) atoms. The lowest BCUT2D eigenvalue weighted by atomic mass is 10.0. The number of ketones is 1. The number of nitrogens with zero attached hydrogens (tertiary/aromatic N) is 1. The highest BCUT2D eigenvalue weighted by atomic mass is 16.4. The average Bonchev–Trinajstić information content (AvgIpc) is 2.39. The lowest BCUT2D eigenvalue weighted by molar-refractivity contribution is -0.131. The normalized spacial score (nSPS) is 10.7. The predicted octanol–water partition coefficient (Wildman–Crippen LogP) is 2.66. The molecule has 0 aliphatic rings. The molecule has 1 N–H and O–H groups in total. The maximum atomic E-state index is 11.8. The van der Waals surface area contributed by atoms with Gasteiger partial charge < -0.3 is 10.0 Å². The molecule has 0 atom stereocenters. The van der Waals surface area contributed by atoms with Gasteiger partial charge in [-0.25, -0.2) is 4.79 Å². The van der Waals surface area contributed by atoms with Crippen LogP contribution in [0.1, 0.15) is 29.8 Å². The van der Waals surface area contributed by atoms with E-state index in [1.54, 1.807) is 12.1 Å². The Morgan fingerprint density at radius 2 is 1.84 bits per heavy atom. The highest BCUT2D eigenvalue weighted by Gasteiger charge is 2.09. The molecule has 102 valence electrons. The summed E-state index contributed by atoms with van der Waals surface area (Å²) in [6.07, 6.45) is 1.93. The molecular weight excluding hydrogens is 242 g/mol. The zero-order valence-corrected chi connectivity index (χ0v) is 11.5. The standard InChI is InChI=1S/C15H19NO3/c1-4-16(5-2)13-7-6-12(10-11(13)3)14(17)8-9-15(18)19/h6-10H,4-5H2,1-3H3,(H,18,19)/b9-8+. The van der Waals surface area contributed by atoms with E-state index in [-0.39, 0.29) is 5.78 Å². The van der Waals surface area contributed by atoms with Gasteiger partial charge in [0.15, 0.2) is 5.78 Å². The molecule has 1 aromatic carbocycles. The maximum Gasteiger partial charge on any atom is 0.328 e. The van der Waals surface area contributed by atoms with Crippen LogP contribution >= 0.6 is 0 Å². The monoisotopic (exact) mass is 261 g/mol. The molecular formula is C15H19NO3. The van der Waals surface area contributed by atoms with Crippen LogP contribution < -0.4 is 4.90 Å². The number of carbonyl (C=O) groups excluding carboxylic acids is 1. The summed E-state index contributed by atoms with van der Waals surface area (Å²) in [5, 5.41) is 8.50. The second kappa shape index (κ2) is 6.73. The number of benzene rings is 1. The first kappa shape index (κ1) is 15.0. The average molecular weight is 261 g/mol. The maximum absolute atomic E-state index is 11.8. The molecule has 1 aromatic rings. The van der Waals surface area contributed by atoms with Crippen molar-refractivity contribution in [2.45, 2.75) is 20.8 Å². The molecule has 1 rings (SSSR count). The number of hydrogen-bond acceptors (Lipinski definition) is 3. The Morgan fingerprint density at radius 1 is 1.21 bits per heavy atom. The number of carbonyl (C=O) groups is 2. The van der Waals surface area contributed by atoms with E-state index in [2.05, 4.69) is 18.7 Å². The molecule has 0 saturated heterocycles. The lowest BCUT2D eigenvalue weighted by Gasteiger charge is -2.23. The summed E-state index contributed by atoms with van der Waals surface area (Å²) in [5.74, 6) is -1.42. The van der Waals surface area contributed by atoms with Gasteiger partial charge in [0.1, 0.15) is 0 Å². The van der Waals surface area contributed by atoms with Crippen molar-refractivity contribution < 1.29 is 14.7 Å². The van der Waals surface area contributed by atoms with Crippen LogP contribution in [0.3, 0.4) is 0 Å². The minimum atomic E-state index is -1.12. The van der Waals surface area contributed by atoms with Crippen molar-refractivity contribution >= 4 is 17.4 Å². The number of carboxylic acids is 1. The van der Waals surface area contributed by atoms with E-state index >= 15 is 0 Å². The van der Waals surface area contributed by atoms with Crippen molar-refractivity contribution in [1.82, 2.24) is 0 Å². The predicted molar refractivity (Wildman–Crippen MR) is 75.8 cm³/mol. The number of carboxylic acid groups (broad SMARTS) is 1. The summed E-state index contributed by atoms with van der Waals surface area (Å²) in [4.78, 5) is 24.3. The van der Waals surface area contributed by atoms with E-state index in [1.807, 2.05) is 13.0 Å². The molecule has 0 aromatic heterocycles. The molecule has 0 bridgehead atoms. The second-order valence-corrected chi connectivity index (χ2v) is 4.21. The van der Waals surface area contributed by atoms with Crippen molar-refractivity contribution in [2.24, 2.45) is 0 Å². The van der Waals surface area contributed by atoms with Gasteiger partial charge in [-0.15, -0.1) is 0 Å². The van der Waals surface area contributed by atoms with E-state index in [1.165, 1.54) is 0 Å². The third kappa shape index (κ3) is 3.95. The Morgan fingerprint density at radius 3 is 2.32 bits per heavy atom. The molecule has 0 unspecified atom stereocenters. The Balaban J connectivity index is 2.99. The van der Waals surface area contributed by atoms with E-state index in [4.69, 9.17) is 5.11 Å². The van der Waals surface area contributed by atoms with Gasteiger partial charge in [0.2, 0.25) is 0 Å². The van der Waals surface area contributed by atoms with E-state index in [0.717, 1.165) is 36.5 Å². The third-order valence-electron chi connectivity index (χ3n) is 2.96. The van der Waals surface area contributed by atoms with Crippen LogP contribution in [0.2, 0.25) is 0 Å².